The van der Waals surface area contributed by atoms with Crippen molar-refractivity contribution in [3.05, 3.63) is 41.7 Å². The van der Waals surface area contributed by atoms with Gasteiger partial charge < -0.3 is 11.3 Å². The second-order valence-electron chi connectivity index (χ2n) is 2.34. The van der Waals surface area contributed by atoms with E-state index >= 15 is 0 Å². The molecule has 0 bridgehead atoms. The zero-order valence-electron chi connectivity index (χ0n) is 8.38. The van der Waals surface area contributed by atoms with Gasteiger partial charge in [0.2, 0.25) is 5.91 Å². The van der Waals surface area contributed by atoms with E-state index in [1.54, 1.807) is 5.43 Å². The first kappa shape index (κ1) is 17.2. The summed E-state index contributed by atoms with van der Waals surface area (Å²) in [6.07, 6.45) is 0. The molecule has 0 aliphatic carbocycles. The van der Waals surface area contributed by atoms with E-state index in [1.165, 1.54) is 5.56 Å². The number of aryl methyl sites for hydroxylation is 1. The summed E-state index contributed by atoms with van der Waals surface area (Å²) in [6, 6.07) is 10.3. The topological polar surface area (TPSA) is 52.9 Å². The summed E-state index contributed by atoms with van der Waals surface area (Å²) in [4.78, 5) is 9.84. The maximum absolute atomic E-state index is 9.84. The molecule has 0 atom stereocenters. The van der Waals surface area contributed by atoms with Crippen molar-refractivity contribution < 1.29 is 56.2 Å². The third-order valence-electron chi connectivity index (χ3n) is 1.20. The molecule has 0 aliphatic heterocycles. The van der Waals surface area contributed by atoms with Gasteiger partial charge in [0.1, 0.15) is 0 Å². The number of hydrogen-bond donors (Lipinski definition) is 1. The van der Waals surface area contributed by atoms with Crippen molar-refractivity contribution in [3.8, 4) is 0 Å². The number of carbonyl (C=O) groups is 1. The number of amides is 1. The van der Waals surface area contributed by atoms with Crippen LogP contribution in [0.25, 0.3) is 5.84 Å². The summed E-state index contributed by atoms with van der Waals surface area (Å²) in [5.74, 6) is 5.86. The van der Waals surface area contributed by atoms with Crippen LogP contribution in [-0.2, 0) is 4.79 Å². The Morgan fingerprint density at radius 2 is 1.93 bits per heavy atom. The summed E-state index contributed by atoms with van der Waals surface area (Å²) < 4.78 is 0. The predicted molar refractivity (Wildman–Crippen MR) is 57.4 cm³/mol. The molecule has 0 saturated carbocycles. The van der Waals surface area contributed by atoms with Crippen LogP contribution in [0, 0.1) is 6.92 Å². The van der Waals surface area contributed by atoms with Crippen LogP contribution in [0.4, 0.5) is 0 Å². The second-order valence-corrected chi connectivity index (χ2v) is 2.90. The van der Waals surface area contributed by atoms with Gasteiger partial charge in [0.05, 0.1) is 5.33 Å². The average molecular weight is 283 g/mol. The van der Waals surface area contributed by atoms with Crippen LogP contribution in [0.15, 0.2) is 30.3 Å². The van der Waals surface area contributed by atoms with E-state index in [2.05, 4.69) is 35.0 Å². The first-order chi connectivity index (χ1) is 6.20. The summed E-state index contributed by atoms with van der Waals surface area (Å²) in [5.41, 5.74) is 3.00. The molecule has 0 heterocycles. The van der Waals surface area contributed by atoms with Crippen LogP contribution in [0.5, 0.6) is 0 Å². The molecule has 0 unspecified atom stereocenters. The Bertz CT molecular complexity index is 238. The standard InChI is InChI=1S/C7H8.C2H4BrN2O.K/c1-7-5-3-2-4-6-7;3-1-2(6)5-4;/h2-6H,1H3;4H,1H2,(H,5,6);/q;-1;+1. The van der Waals surface area contributed by atoms with Gasteiger partial charge in [-0.05, 0) is 6.92 Å². The van der Waals surface area contributed by atoms with Crippen molar-refractivity contribution in [2.45, 2.75) is 6.92 Å². The molecule has 2 N–H and O–H groups in total. The van der Waals surface area contributed by atoms with Crippen LogP contribution in [0.3, 0.4) is 0 Å². The molecule has 0 fully saturated rings. The Balaban J connectivity index is 0. The number of carbonyl (C=O) groups excluding carboxylic acids is 1. The number of rotatable bonds is 1. The molecule has 0 radical (unpaired) electrons. The molecule has 1 rings (SSSR count). The molecule has 5 heteroatoms. The van der Waals surface area contributed by atoms with Gasteiger partial charge in [0, 0.05) is 0 Å². The molecule has 1 amide bonds. The SMILES string of the molecule is Cc1ccccc1.[K+].[NH-]NC(=O)CBr. The van der Waals surface area contributed by atoms with Crippen LogP contribution in [-0.4, -0.2) is 11.2 Å². The molecule has 3 nitrogen and oxygen atoms in total. The van der Waals surface area contributed by atoms with Gasteiger partial charge >= 0.3 is 51.4 Å². The minimum absolute atomic E-state index is 0. The van der Waals surface area contributed by atoms with Gasteiger partial charge in [0.25, 0.3) is 0 Å². The minimum atomic E-state index is -0.324. The van der Waals surface area contributed by atoms with Crippen molar-refractivity contribution in [2.24, 2.45) is 0 Å². The number of benzene rings is 1. The second kappa shape index (κ2) is 11.8. The summed E-state index contributed by atoms with van der Waals surface area (Å²) in [7, 11) is 0. The van der Waals surface area contributed by atoms with Crippen LogP contribution < -0.4 is 56.8 Å². The van der Waals surface area contributed by atoms with E-state index in [9.17, 15) is 4.79 Å². The first-order valence-corrected chi connectivity index (χ1v) is 4.86. The smallest absolute Gasteiger partial charge is 0.584 e. The quantitative estimate of drug-likeness (QED) is 0.420. The van der Waals surface area contributed by atoms with E-state index in [-0.39, 0.29) is 62.6 Å². The Hall–Kier alpha value is 0.766. The zero-order chi connectivity index (χ0) is 10.1. The van der Waals surface area contributed by atoms with Crippen molar-refractivity contribution in [1.82, 2.24) is 5.43 Å². The van der Waals surface area contributed by atoms with Gasteiger partial charge in [0.15, 0.2) is 0 Å². The fraction of sp³-hybridized carbons (Fsp3) is 0.222. The largest absolute Gasteiger partial charge is 1.00 e. The molecular formula is C9H12BrKN2O. The molecule has 0 aliphatic rings. The minimum Gasteiger partial charge on any atom is -0.584 e. The van der Waals surface area contributed by atoms with Crippen molar-refractivity contribution >= 4 is 21.8 Å². The van der Waals surface area contributed by atoms with E-state index in [0.29, 0.717) is 0 Å². The summed E-state index contributed by atoms with van der Waals surface area (Å²) in [5, 5.41) is 0.205. The molecule has 1 aromatic carbocycles. The number of halogens is 1. The third-order valence-corrected chi connectivity index (χ3v) is 1.71. The molecule has 0 aromatic heterocycles. The number of alkyl halides is 1. The fourth-order valence-electron chi connectivity index (χ4n) is 0.568. The molecule has 0 saturated heterocycles. The summed E-state index contributed by atoms with van der Waals surface area (Å²) >= 11 is 2.84. The third kappa shape index (κ3) is 10.8. The zero-order valence-corrected chi connectivity index (χ0v) is 13.1. The van der Waals surface area contributed by atoms with Crippen LogP contribution in [0.2, 0.25) is 0 Å². The van der Waals surface area contributed by atoms with E-state index in [4.69, 9.17) is 5.84 Å². The molecule has 72 valence electrons. The van der Waals surface area contributed by atoms with Gasteiger partial charge in [-0.15, -0.1) is 0 Å². The van der Waals surface area contributed by atoms with Crippen LogP contribution in [0.1, 0.15) is 5.56 Å². The number of hydrogen-bond acceptors (Lipinski definition) is 1. The Labute approximate surface area is 135 Å². The Morgan fingerprint density at radius 1 is 1.43 bits per heavy atom. The molecule has 14 heavy (non-hydrogen) atoms. The van der Waals surface area contributed by atoms with Gasteiger partial charge in [-0.3, -0.25) is 4.79 Å². The van der Waals surface area contributed by atoms with Gasteiger partial charge in [-0.25, -0.2) is 0 Å². The molecule has 0 spiro atoms. The van der Waals surface area contributed by atoms with Crippen molar-refractivity contribution in [3.63, 3.8) is 0 Å². The maximum atomic E-state index is 9.84. The first-order valence-electron chi connectivity index (χ1n) is 3.74. The average Bonchev–Trinajstić information content (AvgIpc) is 2.19. The molecule has 1 aromatic rings. The van der Waals surface area contributed by atoms with Gasteiger partial charge in [-0.1, -0.05) is 51.8 Å². The number of nitrogens with one attached hydrogen (secondary N) is 2. The van der Waals surface area contributed by atoms with Gasteiger partial charge in [-0.2, -0.15) is 0 Å². The maximum Gasteiger partial charge on any atom is 1.00 e. The van der Waals surface area contributed by atoms with E-state index < -0.39 is 0 Å². The van der Waals surface area contributed by atoms with Crippen LogP contribution >= 0.6 is 15.9 Å². The molecular weight excluding hydrogens is 271 g/mol. The fourth-order valence-corrected chi connectivity index (χ4v) is 0.708. The normalized spacial score (nSPS) is 7.64. The monoisotopic (exact) mass is 282 g/mol. The predicted octanol–water partition coefficient (Wildman–Crippen LogP) is -0.536. The Morgan fingerprint density at radius 3 is 2.07 bits per heavy atom. The summed E-state index contributed by atoms with van der Waals surface area (Å²) in [6.45, 7) is 2.08. The Kier molecular flexibility index (Phi) is 14.5. The van der Waals surface area contributed by atoms with E-state index in [1.807, 2.05) is 18.2 Å². The van der Waals surface area contributed by atoms with E-state index in [0.717, 1.165) is 0 Å². The van der Waals surface area contributed by atoms with Crippen molar-refractivity contribution in [1.29, 1.82) is 0 Å². The van der Waals surface area contributed by atoms with Crippen molar-refractivity contribution in [2.75, 3.05) is 5.33 Å².